The second-order valence-corrected chi connectivity index (χ2v) is 4.00. The molecule has 0 saturated carbocycles. The van der Waals surface area contributed by atoms with Gasteiger partial charge in [0.1, 0.15) is 19.0 Å². The molecule has 104 valence electrons. The summed E-state index contributed by atoms with van der Waals surface area (Å²) in [5.41, 5.74) is 0. The lowest BCUT2D eigenvalue weighted by atomic mass is 10.3. The van der Waals surface area contributed by atoms with Crippen molar-refractivity contribution in [2.75, 3.05) is 20.0 Å². The van der Waals surface area contributed by atoms with E-state index in [1.165, 1.54) is 12.3 Å². The molecular formula is C14H12FNO4. The molecule has 0 spiro atoms. The predicted octanol–water partition coefficient (Wildman–Crippen LogP) is 2.41. The Bertz CT molecular complexity index is 605. The van der Waals surface area contributed by atoms with Crippen molar-refractivity contribution in [3.8, 4) is 23.0 Å². The summed E-state index contributed by atoms with van der Waals surface area (Å²) >= 11 is 0. The van der Waals surface area contributed by atoms with E-state index < -0.39 is 5.95 Å². The van der Waals surface area contributed by atoms with Crippen molar-refractivity contribution in [3.05, 3.63) is 42.5 Å². The fourth-order valence-corrected chi connectivity index (χ4v) is 1.76. The van der Waals surface area contributed by atoms with E-state index >= 15 is 0 Å². The topological polar surface area (TPSA) is 49.8 Å². The Kier molecular flexibility index (Phi) is 3.54. The second kappa shape index (κ2) is 5.64. The van der Waals surface area contributed by atoms with E-state index in [0.29, 0.717) is 17.2 Å². The Morgan fingerprint density at radius 2 is 1.95 bits per heavy atom. The molecule has 2 aromatic rings. The summed E-state index contributed by atoms with van der Waals surface area (Å²) in [7, 11) is 0. The zero-order valence-corrected chi connectivity index (χ0v) is 10.5. The summed E-state index contributed by atoms with van der Waals surface area (Å²) in [4.78, 5) is 3.49. The summed E-state index contributed by atoms with van der Waals surface area (Å²) in [5, 5.41) is 0. The maximum Gasteiger partial charge on any atom is 0.255 e. The van der Waals surface area contributed by atoms with Crippen LogP contribution in [0.15, 0.2) is 36.5 Å². The first-order valence-electron chi connectivity index (χ1n) is 6.09. The normalized spacial score (nSPS) is 12.2. The van der Waals surface area contributed by atoms with Crippen LogP contribution in [0.4, 0.5) is 4.39 Å². The summed E-state index contributed by atoms with van der Waals surface area (Å²) in [6, 6.07) is 8.42. The third-order valence-electron chi connectivity index (χ3n) is 2.68. The van der Waals surface area contributed by atoms with Gasteiger partial charge in [-0.05, 0) is 24.3 Å². The van der Waals surface area contributed by atoms with Crippen LogP contribution in [0.1, 0.15) is 0 Å². The number of fused-ring (bicyclic) bond motifs is 1. The summed E-state index contributed by atoms with van der Waals surface area (Å²) in [6.07, 6.45) is 1.37. The highest BCUT2D eigenvalue weighted by atomic mass is 19.1. The smallest absolute Gasteiger partial charge is 0.255 e. The van der Waals surface area contributed by atoms with Crippen LogP contribution < -0.4 is 18.9 Å². The van der Waals surface area contributed by atoms with Gasteiger partial charge in [-0.3, -0.25) is 0 Å². The van der Waals surface area contributed by atoms with Gasteiger partial charge in [-0.2, -0.15) is 4.39 Å². The van der Waals surface area contributed by atoms with Gasteiger partial charge in [-0.1, -0.05) is 0 Å². The zero-order valence-electron chi connectivity index (χ0n) is 10.5. The van der Waals surface area contributed by atoms with Gasteiger partial charge < -0.3 is 18.9 Å². The molecule has 0 fully saturated rings. The molecule has 0 amide bonds. The van der Waals surface area contributed by atoms with Gasteiger partial charge in [0.25, 0.3) is 5.95 Å². The van der Waals surface area contributed by atoms with E-state index in [2.05, 4.69) is 4.98 Å². The molecule has 5 nitrogen and oxygen atoms in total. The number of ether oxygens (including phenoxy) is 4. The molecule has 1 aliphatic heterocycles. The fourth-order valence-electron chi connectivity index (χ4n) is 1.76. The SMILES string of the molecule is Fc1ncccc1OCCOc1ccc2c(c1)OCO2. The number of halogens is 1. The first-order chi connectivity index (χ1) is 9.83. The number of hydrogen-bond acceptors (Lipinski definition) is 5. The van der Waals surface area contributed by atoms with Crippen LogP contribution in [0.2, 0.25) is 0 Å². The van der Waals surface area contributed by atoms with Crippen LogP contribution in [0.3, 0.4) is 0 Å². The lowest BCUT2D eigenvalue weighted by Gasteiger charge is -2.08. The molecule has 3 rings (SSSR count). The highest BCUT2D eigenvalue weighted by Gasteiger charge is 2.13. The second-order valence-electron chi connectivity index (χ2n) is 4.00. The van der Waals surface area contributed by atoms with E-state index in [4.69, 9.17) is 18.9 Å². The van der Waals surface area contributed by atoms with Crippen LogP contribution in [0, 0.1) is 5.95 Å². The molecule has 2 heterocycles. The molecule has 1 aromatic carbocycles. The number of pyridine rings is 1. The number of nitrogens with zero attached hydrogens (tertiary/aromatic N) is 1. The molecular weight excluding hydrogens is 265 g/mol. The molecule has 0 radical (unpaired) electrons. The molecule has 1 aliphatic rings. The summed E-state index contributed by atoms with van der Waals surface area (Å²) in [5.74, 6) is 1.48. The molecule has 0 aliphatic carbocycles. The number of benzene rings is 1. The van der Waals surface area contributed by atoms with E-state index in [-0.39, 0.29) is 25.8 Å². The summed E-state index contributed by atoms with van der Waals surface area (Å²) < 4.78 is 34.3. The van der Waals surface area contributed by atoms with E-state index in [0.717, 1.165) is 0 Å². The maximum atomic E-state index is 13.2. The first kappa shape index (κ1) is 12.5. The fraction of sp³-hybridized carbons (Fsp3) is 0.214. The number of hydrogen-bond donors (Lipinski definition) is 0. The van der Waals surface area contributed by atoms with Gasteiger partial charge in [-0.25, -0.2) is 4.98 Å². The van der Waals surface area contributed by atoms with E-state index in [1.54, 1.807) is 24.3 Å². The quantitative estimate of drug-likeness (QED) is 0.620. The predicted molar refractivity (Wildman–Crippen MR) is 67.8 cm³/mol. The van der Waals surface area contributed by atoms with Crippen molar-refractivity contribution >= 4 is 0 Å². The monoisotopic (exact) mass is 277 g/mol. The highest BCUT2D eigenvalue weighted by molar-refractivity contribution is 5.46. The molecule has 0 atom stereocenters. The Morgan fingerprint density at radius 3 is 2.85 bits per heavy atom. The van der Waals surface area contributed by atoms with Crippen molar-refractivity contribution in [1.29, 1.82) is 0 Å². The average Bonchev–Trinajstić information content (AvgIpc) is 2.93. The van der Waals surface area contributed by atoms with Gasteiger partial charge in [-0.15, -0.1) is 0 Å². The minimum absolute atomic E-state index is 0.113. The van der Waals surface area contributed by atoms with Crippen molar-refractivity contribution < 1.29 is 23.3 Å². The van der Waals surface area contributed by atoms with Crippen LogP contribution in [-0.4, -0.2) is 25.0 Å². The van der Waals surface area contributed by atoms with Crippen molar-refractivity contribution in [3.63, 3.8) is 0 Å². The lowest BCUT2D eigenvalue weighted by Crippen LogP contribution is -2.10. The maximum absolute atomic E-state index is 13.2. The van der Waals surface area contributed by atoms with Gasteiger partial charge in [0, 0.05) is 12.3 Å². The summed E-state index contributed by atoms with van der Waals surface area (Å²) in [6.45, 7) is 0.729. The van der Waals surface area contributed by atoms with Crippen LogP contribution >= 0.6 is 0 Å². The molecule has 0 bridgehead atoms. The number of rotatable bonds is 5. The third-order valence-corrected chi connectivity index (χ3v) is 2.68. The Morgan fingerprint density at radius 1 is 1.10 bits per heavy atom. The van der Waals surface area contributed by atoms with Crippen LogP contribution in [0.25, 0.3) is 0 Å². The molecule has 1 aromatic heterocycles. The largest absolute Gasteiger partial charge is 0.490 e. The van der Waals surface area contributed by atoms with Crippen molar-refractivity contribution in [1.82, 2.24) is 4.98 Å². The molecule has 20 heavy (non-hydrogen) atoms. The molecule has 0 N–H and O–H groups in total. The van der Waals surface area contributed by atoms with Crippen LogP contribution in [0.5, 0.6) is 23.0 Å². The first-order valence-corrected chi connectivity index (χ1v) is 6.09. The standard InChI is InChI=1S/C14H12FNO4/c15-14-12(2-1-5-16-14)18-7-6-17-10-3-4-11-13(8-10)20-9-19-11/h1-5,8H,6-7,9H2. The van der Waals surface area contributed by atoms with Gasteiger partial charge >= 0.3 is 0 Å². The zero-order chi connectivity index (χ0) is 13.8. The Labute approximate surface area is 114 Å². The lowest BCUT2D eigenvalue weighted by molar-refractivity contribution is 0.173. The third kappa shape index (κ3) is 2.74. The highest BCUT2D eigenvalue weighted by Crippen LogP contribution is 2.34. The minimum Gasteiger partial charge on any atom is -0.490 e. The van der Waals surface area contributed by atoms with Gasteiger partial charge in [0.05, 0.1) is 0 Å². The van der Waals surface area contributed by atoms with Crippen molar-refractivity contribution in [2.24, 2.45) is 0 Å². The van der Waals surface area contributed by atoms with Gasteiger partial charge in [0.2, 0.25) is 6.79 Å². The Hall–Kier alpha value is -2.50. The molecule has 0 unspecified atom stereocenters. The van der Waals surface area contributed by atoms with Crippen molar-refractivity contribution in [2.45, 2.75) is 0 Å². The van der Waals surface area contributed by atoms with E-state index in [1.807, 2.05) is 0 Å². The van der Waals surface area contributed by atoms with E-state index in [9.17, 15) is 4.39 Å². The number of aromatic nitrogens is 1. The molecule has 0 saturated heterocycles. The van der Waals surface area contributed by atoms with Crippen LogP contribution in [-0.2, 0) is 0 Å². The molecule has 6 heteroatoms. The minimum atomic E-state index is -0.629. The average molecular weight is 277 g/mol. The Balaban J connectivity index is 1.49. The van der Waals surface area contributed by atoms with Gasteiger partial charge in [0.15, 0.2) is 17.2 Å².